The Morgan fingerprint density at radius 2 is 2.17 bits per heavy atom. The van der Waals surface area contributed by atoms with Gasteiger partial charge in [-0.25, -0.2) is 9.79 Å². The highest BCUT2D eigenvalue weighted by molar-refractivity contribution is 8.14. The quantitative estimate of drug-likeness (QED) is 0.786. The second-order valence-electron chi connectivity index (χ2n) is 5.47. The molecule has 2 aliphatic heterocycles. The molecule has 1 atom stereocenters. The van der Waals surface area contributed by atoms with E-state index in [0.717, 1.165) is 15.8 Å². The van der Waals surface area contributed by atoms with Crippen LogP contribution in [0.1, 0.15) is 25.6 Å². The summed E-state index contributed by atoms with van der Waals surface area (Å²) in [7, 11) is 0. The van der Waals surface area contributed by atoms with Crippen LogP contribution in [0.4, 0.5) is 5.69 Å². The number of allylic oxidation sites excluding steroid dienone is 1. The van der Waals surface area contributed by atoms with Crippen LogP contribution in [0.15, 0.2) is 68.2 Å². The molecule has 0 fully saturated rings. The standard InChI is InChI=1S/C18H16N2O3S/c1-3-22-17(21)15-11(2)19-18-20(16(15)13-8-6-10-23-13)12-7-4-5-9-14(12)24-18/h4-10,16H,3H2,1-2H3/t16-/m0/s1. The Bertz CT molecular complexity index is 855. The topological polar surface area (TPSA) is 55.0 Å². The second-order valence-corrected chi connectivity index (χ2v) is 6.48. The van der Waals surface area contributed by atoms with Crippen molar-refractivity contribution in [3.63, 3.8) is 0 Å². The lowest BCUT2D eigenvalue weighted by Crippen LogP contribution is -2.37. The van der Waals surface area contributed by atoms with Gasteiger partial charge in [-0.1, -0.05) is 12.1 Å². The van der Waals surface area contributed by atoms with E-state index in [2.05, 4.69) is 16.0 Å². The normalized spacial score (nSPS) is 19.0. The monoisotopic (exact) mass is 340 g/mol. The molecule has 0 unspecified atom stereocenters. The molecule has 6 heteroatoms. The van der Waals surface area contributed by atoms with Gasteiger partial charge in [0.2, 0.25) is 0 Å². The van der Waals surface area contributed by atoms with Gasteiger partial charge in [0.1, 0.15) is 11.8 Å². The highest BCUT2D eigenvalue weighted by Gasteiger charge is 2.43. The number of nitrogens with zero attached hydrogens (tertiary/aromatic N) is 2. The molecule has 5 nitrogen and oxygen atoms in total. The van der Waals surface area contributed by atoms with Crippen molar-refractivity contribution in [3.8, 4) is 0 Å². The Morgan fingerprint density at radius 3 is 2.92 bits per heavy atom. The lowest BCUT2D eigenvalue weighted by atomic mass is 9.99. The van der Waals surface area contributed by atoms with Gasteiger partial charge in [-0.3, -0.25) is 0 Å². The minimum Gasteiger partial charge on any atom is -0.467 e. The van der Waals surface area contributed by atoms with E-state index in [-0.39, 0.29) is 12.0 Å². The third kappa shape index (κ3) is 2.26. The van der Waals surface area contributed by atoms with E-state index < -0.39 is 0 Å². The maximum atomic E-state index is 12.6. The van der Waals surface area contributed by atoms with Gasteiger partial charge in [0.25, 0.3) is 0 Å². The molecule has 0 saturated heterocycles. The number of thioether (sulfide) groups is 1. The number of esters is 1. The van der Waals surface area contributed by atoms with Crippen LogP contribution in [0.3, 0.4) is 0 Å². The van der Waals surface area contributed by atoms with E-state index >= 15 is 0 Å². The van der Waals surface area contributed by atoms with E-state index in [0.29, 0.717) is 23.6 Å². The summed E-state index contributed by atoms with van der Waals surface area (Å²) in [6.07, 6.45) is 1.62. The molecule has 0 N–H and O–H groups in total. The summed E-state index contributed by atoms with van der Waals surface area (Å²) >= 11 is 1.60. The largest absolute Gasteiger partial charge is 0.467 e. The maximum absolute atomic E-state index is 12.6. The fraction of sp³-hybridized carbons (Fsp3) is 0.222. The molecule has 3 heterocycles. The lowest BCUT2D eigenvalue weighted by Gasteiger charge is -2.33. The highest BCUT2D eigenvalue weighted by atomic mass is 32.2. The predicted octanol–water partition coefficient (Wildman–Crippen LogP) is 4.14. The first-order valence-electron chi connectivity index (χ1n) is 7.76. The first-order valence-corrected chi connectivity index (χ1v) is 8.58. The molecule has 1 aromatic carbocycles. The van der Waals surface area contributed by atoms with Crippen LogP contribution in [0.2, 0.25) is 0 Å². The van der Waals surface area contributed by atoms with Gasteiger partial charge in [0, 0.05) is 4.90 Å². The summed E-state index contributed by atoms with van der Waals surface area (Å²) in [4.78, 5) is 20.4. The number of benzene rings is 1. The van der Waals surface area contributed by atoms with Gasteiger partial charge < -0.3 is 14.1 Å². The number of rotatable bonds is 3. The number of amidine groups is 1. The highest BCUT2D eigenvalue weighted by Crippen LogP contribution is 2.49. The van der Waals surface area contributed by atoms with Crippen molar-refractivity contribution in [3.05, 3.63) is 59.7 Å². The molecule has 24 heavy (non-hydrogen) atoms. The molecule has 0 radical (unpaired) electrons. The Labute approximate surface area is 144 Å². The van der Waals surface area contributed by atoms with Gasteiger partial charge in [0.05, 0.1) is 29.8 Å². The molecular formula is C18H16N2O3S. The first-order chi connectivity index (χ1) is 11.7. The van der Waals surface area contributed by atoms with E-state index in [9.17, 15) is 4.79 Å². The number of fused-ring (bicyclic) bond motifs is 3. The number of anilines is 1. The SMILES string of the molecule is CCOC(=O)C1=C(C)N=C2Sc3ccccc3N2[C@H]1c1ccco1. The van der Waals surface area contributed by atoms with Crippen LogP contribution in [0.5, 0.6) is 0 Å². The predicted molar refractivity (Wildman–Crippen MR) is 93.0 cm³/mol. The summed E-state index contributed by atoms with van der Waals surface area (Å²) in [5, 5.41) is 0.850. The fourth-order valence-electron chi connectivity index (χ4n) is 3.03. The number of carbonyl (C=O) groups excluding carboxylic acids is 1. The van der Waals surface area contributed by atoms with Crippen molar-refractivity contribution in [2.24, 2.45) is 4.99 Å². The number of hydrogen-bond donors (Lipinski definition) is 0. The maximum Gasteiger partial charge on any atom is 0.338 e. The average molecular weight is 340 g/mol. The Morgan fingerprint density at radius 1 is 1.33 bits per heavy atom. The molecule has 122 valence electrons. The summed E-state index contributed by atoms with van der Waals surface area (Å²) in [5.74, 6) is 0.343. The van der Waals surface area contributed by atoms with Crippen LogP contribution in [0, 0.1) is 0 Å². The Hall–Kier alpha value is -2.47. The summed E-state index contributed by atoms with van der Waals surface area (Å²) in [5.41, 5.74) is 2.21. The lowest BCUT2D eigenvalue weighted by molar-refractivity contribution is -0.139. The van der Waals surface area contributed by atoms with Crippen LogP contribution in [0.25, 0.3) is 0 Å². The summed E-state index contributed by atoms with van der Waals surface area (Å²) in [6.45, 7) is 3.96. The Kier molecular flexibility index (Phi) is 3.69. The molecule has 2 aromatic rings. The smallest absolute Gasteiger partial charge is 0.338 e. The second kappa shape index (κ2) is 5.87. The minimum absolute atomic E-state index is 0.322. The van der Waals surface area contributed by atoms with Crippen molar-refractivity contribution in [2.45, 2.75) is 24.8 Å². The molecule has 0 bridgehead atoms. The van der Waals surface area contributed by atoms with Crippen LogP contribution >= 0.6 is 11.8 Å². The molecule has 0 saturated carbocycles. The van der Waals surface area contributed by atoms with Crippen molar-refractivity contribution >= 4 is 28.6 Å². The molecule has 1 aromatic heterocycles. The van der Waals surface area contributed by atoms with Gasteiger partial charge in [-0.2, -0.15) is 0 Å². The van der Waals surface area contributed by atoms with Gasteiger partial charge in [0.15, 0.2) is 5.17 Å². The van der Waals surface area contributed by atoms with Crippen LogP contribution < -0.4 is 4.90 Å². The van der Waals surface area contributed by atoms with Crippen LogP contribution in [-0.4, -0.2) is 17.7 Å². The number of carbonyl (C=O) groups is 1. The van der Waals surface area contributed by atoms with Crippen molar-refractivity contribution < 1.29 is 13.9 Å². The zero-order chi connectivity index (χ0) is 16.7. The third-order valence-electron chi connectivity index (χ3n) is 4.02. The number of ether oxygens (including phenoxy) is 1. The van der Waals surface area contributed by atoms with Gasteiger partial charge >= 0.3 is 5.97 Å². The first kappa shape index (κ1) is 15.1. The summed E-state index contributed by atoms with van der Waals surface area (Å²) in [6, 6.07) is 11.4. The number of furan rings is 1. The van der Waals surface area contributed by atoms with Gasteiger partial charge in [-0.05, 0) is 49.9 Å². The molecule has 0 spiro atoms. The minimum atomic E-state index is -0.373. The van der Waals surface area contributed by atoms with E-state index in [1.807, 2.05) is 37.3 Å². The van der Waals surface area contributed by atoms with E-state index in [4.69, 9.17) is 9.15 Å². The zero-order valence-electron chi connectivity index (χ0n) is 13.4. The van der Waals surface area contributed by atoms with Crippen molar-refractivity contribution in [2.75, 3.05) is 11.5 Å². The van der Waals surface area contributed by atoms with Crippen molar-refractivity contribution in [1.29, 1.82) is 0 Å². The molecule has 0 aliphatic carbocycles. The summed E-state index contributed by atoms with van der Waals surface area (Å²) < 4.78 is 10.9. The number of hydrogen-bond acceptors (Lipinski definition) is 6. The van der Waals surface area contributed by atoms with Crippen molar-refractivity contribution in [1.82, 2.24) is 0 Å². The fourth-order valence-corrected chi connectivity index (χ4v) is 4.13. The van der Waals surface area contributed by atoms with Crippen LogP contribution in [-0.2, 0) is 9.53 Å². The number of aliphatic imine (C=N–C) groups is 1. The number of para-hydroxylation sites is 1. The van der Waals surface area contributed by atoms with E-state index in [1.165, 1.54) is 0 Å². The zero-order valence-corrected chi connectivity index (χ0v) is 14.2. The van der Waals surface area contributed by atoms with Gasteiger partial charge in [-0.15, -0.1) is 0 Å². The average Bonchev–Trinajstić information content (AvgIpc) is 3.21. The molecule has 0 amide bonds. The molecule has 2 aliphatic rings. The third-order valence-corrected chi connectivity index (χ3v) is 5.06. The molecular weight excluding hydrogens is 324 g/mol. The Balaban J connectivity index is 1.89. The van der Waals surface area contributed by atoms with E-state index in [1.54, 1.807) is 24.9 Å². The molecule has 4 rings (SSSR count).